The molecule has 3 atom stereocenters. The quantitative estimate of drug-likeness (QED) is 0.825. The molecule has 122 valence electrons. The van der Waals surface area contributed by atoms with Crippen molar-refractivity contribution in [1.82, 2.24) is 0 Å². The maximum absolute atomic E-state index is 6.14. The van der Waals surface area contributed by atoms with Gasteiger partial charge in [-0.2, -0.15) is 11.3 Å². The number of ether oxygens (including phenoxy) is 2. The van der Waals surface area contributed by atoms with E-state index in [-0.39, 0.29) is 23.7 Å². The Balaban J connectivity index is 1.78. The SMILES string of the molecule is CC(C)(C)c1ccc2c(c1)C1OCCOC1C(c1ccsc1)N2. The van der Waals surface area contributed by atoms with Gasteiger partial charge in [0.1, 0.15) is 12.2 Å². The van der Waals surface area contributed by atoms with E-state index >= 15 is 0 Å². The van der Waals surface area contributed by atoms with Crippen LogP contribution in [0.4, 0.5) is 5.69 Å². The van der Waals surface area contributed by atoms with Crippen LogP contribution in [-0.2, 0) is 14.9 Å². The third-order valence-corrected chi connectivity index (χ3v) is 5.46. The molecule has 3 nitrogen and oxygen atoms in total. The van der Waals surface area contributed by atoms with Crippen molar-refractivity contribution in [2.45, 2.75) is 44.4 Å². The zero-order chi connectivity index (χ0) is 16.0. The molecule has 0 bridgehead atoms. The van der Waals surface area contributed by atoms with Crippen LogP contribution >= 0.6 is 11.3 Å². The first kappa shape index (κ1) is 15.2. The summed E-state index contributed by atoms with van der Waals surface area (Å²) in [6.07, 6.45) is 0.0354. The Kier molecular flexibility index (Phi) is 3.71. The molecule has 4 heteroatoms. The van der Waals surface area contributed by atoms with E-state index < -0.39 is 0 Å². The van der Waals surface area contributed by atoms with E-state index in [1.807, 2.05) is 0 Å². The second-order valence-electron chi connectivity index (χ2n) is 7.36. The van der Waals surface area contributed by atoms with Crippen molar-refractivity contribution in [3.05, 3.63) is 51.7 Å². The number of hydrogen-bond donors (Lipinski definition) is 1. The van der Waals surface area contributed by atoms with Gasteiger partial charge in [-0.25, -0.2) is 0 Å². The zero-order valence-electron chi connectivity index (χ0n) is 13.8. The molecule has 1 aromatic carbocycles. The second-order valence-corrected chi connectivity index (χ2v) is 8.14. The topological polar surface area (TPSA) is 30.5 Å². The Hall–Kier alpha value is -1.36. The predicted molar refractivity (Wildman–Crippen MR) is 94.3 cm³/mol. The molecule has 23 heavy (non-hydrogen) atoms. The molecule has 0 amide bonds. The Morgan fingerprint density at radius 2 is 1.96 bits per heavy atom. The van der Waals surface area contributed by atoms with Crippen molar-refractivity contribution < 1.29 is 9.47 Å². The zero-order valence-corrected chi connectivity index (χ0v) is 14.7. The summed E-state index contributed by atoms with van der Waals surface area (Å²) in [6.45, 7) is 8.06. The molecule has 3 unspecified atom stereocenters. The van der Waals surface area contributed by atoms with Crippen molar-refractivity contribution in [3.8, 4) is 0 Å². The molecule has 1 N–H and O–H groups in total. The number of hydrogen-bond acceptors (Lipinski definition) is 4. The summed E-state index contributed by atoms with van der Waals surface area (Å²) in [5.41, 5.74) is 5.14. The minimum Gasteiger partial charge on any atom is -0.375 e. The molecule has 2 aromatic rings. The Labute approximate surface area is 141 Å². The van der Waals surface area contributed by atoms with Crippen molar-refractivity contribution in [2.24, 2.45) is 0 Å². The van der Waals surface area contributed by atoms with E-state index in [2.05, 4.69) is 61.1 Å². The molecule has 0 saturated carbocycles. The fourth-order valence-corrected chi connectivity index (χ4v) is 4.15. The fourth-order valence-electron chi connectivity index (χ4n) is 3.45. The molecule has 1 fully saturated rings. The van der Waals surface area contributed by atoms with E-state index in [9.17, 15) is 0 Å². The van der Waals surface area contributed by atoms with Crippen LogP contribution in [0.25, 0.3) is 0 Å². The van der Waals surface area contributed by atoms with Crippen LogP contribution in [0.15, 0.2) is 35.0 Å². The third-order valence-electron chi connectivity index (χ3n) is 4.76. The number of anilines is 1. The van der Waals surface area contributed by atoms with Gasteiger partial charge in [0.25, 0.3) is 0 Å². The first-order valence-corrected chi connectivity index (χ1v) is 9.14. The highest BCUT2D eigenvalue weighted by atomic mass is 32.1. The van der Waals surface area contributed by atoms with E-state index in [1.165, 1.54) is 22.4 Å². The predicted octanol–water partition coefficient (Wildman–Crippen LogP) is 4.67. The molecule has 0 radical (unpaired) electrons. The van der Waals surface area contributed by atoms with E-state index in [0.717, 1.165) is 0 Å². The van der Waals surface area contributed by atoms with Crippen LogP contribution in [0.3, 0.4) is 0 Å². The Bertz CT molecular complexity index is 690. The van der Waals surface area contributed by atoms with Crippen LogP contribution < -0.4 is 5.32 Å². The fraction of sp³-hybridized carbons (Fsp3) is 0.474. The van der Waals surface area contributed by atoms with Crippen LogP contribution in [0.1, 0.15) is 49.6 Å². The highest BCUT2D eigenvalue weighted by Gasteiger charge is 2.41. The van der Waals surface area contributed by atoms with Gasteiger partial charge >= 0.3 is 0 Å². The highest BCUT2D eigenvalue weighted by Crippen LogP contribution is 2.45. The molecule has 2 aliphatic heterocycles. The number of nitrogens with one attached hydrogen (secondary N) is 1. The molecular weight excluding hydrogens is 306 g/mol. The van der Waals surface area contributed by atoms with Gasteiger partial charge in [-0.3, -0.25) is 0 Å². The first-order valence-electron chi connectivity index (χ1n) is 8.20. The summed E-state index contributed by atoms with van der Waals surface area (Å²) >= 11 is 1.72. The Morgan fingerprint density at radius 3 is 2.70 bits per heavy atom. The van der Waals surface area contributed by atoms with Crippen LogP contribution in [0.2, 0.25) is 0 Å². The van der Waals surface area contributed by atoms with Gasteiger partial charge in [0.2, 0.25) is 0 Å². The van der Waals surface area contributed by atoms with Crippen molar-refractivity contribution in [3.63, 3.8) is 0 Å². The van der Waals surface area contributed by atoms with E-state index in [4.69, 9.17) is 9.47 Å². The van der Waals surface area contributed by atoms with E-state index in [1.54, 1.807) is 11.3 Å². The summed E-state index contributed by atoms with van der Waals surface area (Å²) in [6, 6.07) is 9.04. The summed E-state index contributed by atoms with van der Waals surface area (Å²) in [5, 5.41) is 7.99. The van der Waals surface area contributed by atoms with Gasteiger partial charge in [-0.1, -0.05) is 32.9 Å². The highest BCUT2D eigenvalue weighted by molar-refractivity contribution is 7.08. The van der Waals surface area contributed by atoms with Crippen molar-refractivity contribution in [1.29, 1.82) is 0 Å². The number of fused-ring (bicyclic) bond motifs is 3. The summed E-state index contributed by atoms with van der Waals surface area (Å²) < 4.78 is 12.3. The van der Waals surface area contributed by atoms with Crippen LogP contribution in [-0.4, -0.2) is 19.3 Å². The minimum absolute atomic E-state index is 0.00667. The first-order chi connectivity index (χ1) is 11.0. The second kappa shape index (κ2) is 5.62. The minimum atomic E-state index is 0.00667. The maximum Gasteiger partial charge on any atom is 0.113 e. The molecule has 0 aliphatic carbocycles. The van der Waals surface area contributed by atoms with Gasteiger partial charge in [0, 0.05) is 11.3 Å². The van der Waals surface area contributed by atoms with Gasteiger partial charge in [0.15, 0.2) is 0 Å². The summed E-state index contributed by atoms with van der Waals surface area (Å²) in [7, 11) is 0. The van der Waals surface area contributed by atoms with Crippen molar-refractivity contribution >= 4 is 17.0 Å². The largest absolute Gasteiger partial charge is 0.375 e. The molecule has 1 saturated heterocycles. The van der Waals surface area contributed by atoms with Crippen molar-refractivity contribution in [2.75, 3.05) is 18.5 Å². The lowest BCUT2D eigenvalue weighted by molar-refractivity contribution is -0.151. The normalized spacial score (nSPS) is 27.0. The Morgan fingerprint density at radius 1 is 1.13 bits per heavy atom. The lowest BCUT2D eigenvalue weighted by Crippen LogP contribution is -2.43. The molecule has 2 aliphatic rings. The molecular formula is C19H23NO2S. The lowest BCUT2D eigenvalue weighted by Gasteiger charge is -2.43. The molecule has 3 heterocycles. The maximum atomic E-state index is 6.14. The van der Waals surface area contributed by atoms with Gasteiger partial charge in [-0.05, 0) is 39.4 Å². The summed E-state index contributed by atoms with van der Waals surface area (Å²) in [5.74, 6) is 0. The molecule has 0 spiro atoms. The van der Waals surface area contributed by atoms with E-state index in [0.29, 0.717) is 13.2 Å². The number of rotatable bonds is 1. The number of benzene rings is 1. The average molecular weight is 329 g/mol. The number of thiophene rings is 1. The summed E-state index contributed by atoms with van der Waals surface area (Å²) in [4.78, 5) is 0. The third kappa shape index (κ3) is 2.69. The van der Waals surface area contributed by atoms with Gasteiger partial charge in [-0.15, -0.1) is 0 Å². The average Bonchev–Trinajstić information content (AvgIpc) is 3.07. The standard InChI is InChI=1S/C19H23NO2S/c1-19(2,3)13-4-5-15-14(10-13)17-18(22-8-7-21-17)16(20-15)12-6-9-23-11-12/h4-6,9-11,16-18,20H,7-8H2,1-3H3. The lowest BCUT2D eigenvalue weighted by atomic mass is 9.82. The van der Waals surface area contributed by atoms with Gasteiger partial charge in [0.05, 0.1) is 19.3 Å². The van der Waals surface area contributed by atoms with Crippen LogP contribution in [0, 0.1) is 0 Å². The molecule has 4 rings (SSSR count). The smallest absolute Gasteiger partial charge is 0.113 e. The van der Waals surface area contributed by atoms with Gasteiger partial charge < -0.3 is 14.8 Å². The monoisotopic (exact) mass is 329 g/mol. The van der Waals surface area contributed by atoms with Crippen LogP contribution in [0.5, 0.6) is 0 Å². The molecule has 1 aromatic heterocycles.